The molecule has 0 radical (unpaired) electrons. The van der Waals surface area contributed by atoms with Crippen molar-refractivity contribution < 1.29 is 19.1 Å². The van der Waals surface area contributed by atoms with Gasteiger partial charge in [0, 0.05) is 12.0 Å². The lowest BCUT2D eigenvalue weighted by Crippen LogP contribution is -2.34. The molecule has 0 spiro atoms. The first-order valence-electron chi connectivity index (χ1n) is 9.02. The predicted octanol–water partition coefficient (Wildman–Crippen LogP) is 4.24. The summed E-state index contributed by atoms with van der Waals surface area (Å²) in [5, 5.41) is -0.428. The predicted molar refractivity (Wildman–Crippen MR) is 110 cm³/mol. The number of thioether (sulfide) groups is 1. The molecule has 0 atom stereocenters. The van der Waals surface area contributed by atoms with Crippen molar-refractivity contribution in [2.45, 2.75) is 20.3 Å². The van der Waals surface area contributed by atoms with Crippen molar-refractivity contribution in [1.29, 1.82) is 0 Å². The fraction of sp³-hybridized carbons (Fsp3) is 0.227. The maximum atomic E-state index is 12.6. The molecular weight excluding hydrogens is 374 g/mol. The van der Waals surface area contributed by atoms with Crippen LogP contribution in [0.4, 0.5) is 4.79 Å². The summed E-state index contributed by atoms with van der Waals surface area (Å²) in [5.74, 6) is 0.0212. The number of para-hydroxylation sites is 1. The molecule has 0 aliphatic carbocycles. The van der Waals surface area contributed by atoms with Gasteiger partial charge >= 0.3 is 0 Å². The Hall–Kier alpha value is -2.86. The zero-order valence-electron chi connectivity index (χ0n) is 15.8. The number of amides is 2. The van der Waals surface area contributed by atoms with E-state index < -0.39 is 11.1 Å². The summed E-state index contributed by atoms with van der Waals surface area (Å²) in [7, 11) is 0. The lowest BCUT2D eigenvalue weighted by Gasteiger charge is -2.11. The van der Waals surface area contributed by atoms with Crippen LogP contribution < -0.4 is 4.74 Å². The van der Waals surface area contributed by atoms with Crippen LogP contribution in [0, 0.1) is 6.92 Å². The van der Waals surface area contributed by atoms with Gasteiger partial charge in [0.2, 0.25) is 0 Å². The Labute approximate surface area is 168 Å². The number of Topliss-reactive ketones (excluding diaryl/α,β-unsaturated/α-hetero) is 1. The number of hydrogen-bond acceptors (Lipinski definition) is 5. The molecule has 0 unspecified atom stereocenters. The molecule has 1 fully saturated rings. The first kappa shape index (κ1) is 19.9. The Morgan fingerprint density at radius 2 is 1.82 bits per heavy atom. The topological polar surface area (TPSA) is 63.7 Å². The van der Waals surface area contributed by atoms with E-state index in [1.165, 1.54) is 0 Å². The summed E-state index contributed by atoms with van der Waals surface area (Å²) in [5.41, 5.74) is 2.70. The SMILES string of the molecule is CCOc1ccccc1/C=C1\SC(=O)N(CC(=O)Cc2ccc(C)cc2)C1=O. The smallest absolute Gasteiger partial charge is 0.293 e. The second kappa shape index (κ2) is 8.89. The van der Waals surface area contributed by atoms with E-state index in [1.807, 2.05) is 62.4 Å². The molecule has 1 heterocycles. The molecule has 2 aromatic carbocycles. The molecule has 0 N–H and O–H groups in total. The monoisotopic (exact) mass is 395 g/mol. The summed E-state index contributed by atoms with van der Waals surface area (Å²) >= 11 is 0.844. The van der Waals surface area contributed by atoms with Crippen LogP contribution in [0.2, 0.25) is 0 Å². The van der Waals surface area contributed by atoms with Gasteiger partial charge in [-0.25, -0.2) is 0 Å². The molecular formula is C22H21NO4S. The molecule has 2 aromatic rings. The Balaban J connectivity index is 1.71. The molecule has 0 bridgehead atoms. The Kier molecular flexibility index (Phi) is 6.31. The highest BCUT2D eigenvalue weighted by molar-refractivity contribution is 8.18. The third-order valence-electron chi connectivity index (χ3n) is 4.24. The highest BCUT2D eigenvalue weighted by Crippen LogP contribution is 2.33. The molecule has 28 heavy (non-hydrogen) atoms. The summed E-state index contributed by atoms with van der Waals surface area (Å²) in [6, 6.07) is 14.9. The minimum Gasteiger partial charge on any atom is -0.493 e. The van der Waals surface area contributed by atoms with Crippen LogP contribution in [0.1, 0.15) is 23.6 Å². The molecule has 6 heteroatoms. The van der Waals surface area contributed by atoms with Crippen LogP contribution >= 0.6 is 11.8 Å². The van der Waals surface area contributed by atoms with E-state index in [4.69, 9.17) is 4.74 Å². The number of hydrogen-bond donors (Lipinski definition) is 0. The molecule has 144 valence electrons. The van der Waals surface area contributed by atoms with E-state index in [9.17, 15) is 14.4 Å². The number of benzene rings is 2. The number of rotatable bonds is 7. The standard InChI is InChI=1S/C22H21NO4S/c1-3-27-19-7-5-4-6-17(19)13-20-21(25)23(22(26)28-20)14-18(24)12-16-10-8-15(2)9-11-16/h4-11,13H,3,12,14H2,1-2H3/b20-13-. The maximum absolute atomic E-state index is 12.6. The summed E-state index contributed by atoms with van der Waals surface area (Å²) in [6.07, 6.45) is 1.83. The molecule has 0 aromatic heterocycles. The third kappa shape index (κ3) is 4.70. The fourth-order valence-corrected chi connectivity index (χ4v) is 3.66. The van der Waals surface area contributed by atoms with Crippen LogP contribution in [0.5, 0.6) is 5.75 Å². The van der Waals surface area contributed by atoms with E-state index in [1.54, 1.807) is 6.08 Å². The van der Waals surface area contributed by atoms with E-state index in [2.05, 4.69) is 0 Å². The average molecular weight is 395 g/mol. The number of carbonyl (C=O) groups excluding carboxylic acids is 3. The Morgan fingerprint density at radius 3 is 2.54 bits per heavy atom. The van der Waals surface area contributed by atoms with E-state index >= 15 is 0 Å². The minimum atomic E-state index is -0.446. The summed E-state index contributed by atoms with van der Waals surface area (Å²) < 4.78 is 5.56. The van der Waals surface area contributed by atoms with E-state index in [-0.39, 0.29) is 18.7 Å². The number of imide groups is 1. The second-order valence-electron chi connectivity index (χ2n) is 6.44. The van der Waals surface area contributed by atoms with Crippen molar-refractivity contribution in [3.63, 3.8) is 0 Å². The number of ketones is 1. The summed E-state index contributed by atoms with van der Waals surface area (Å²) in [6.45, 7) is 4.13. The van der Waals surface area contributed by atoms with Crippen molar-refractivity contribution in [1.82, 2.24) is 4.90 Å². The number of nitrogens with zero attached hydrogens (tertiary/aromatic N) is 1. The lowest BCUT2D eigenvalue weighted by atomic mass is 10.1. The Bertz CT molecular complexity index is 934. The highest BCUT2D eigenvalue weighted by Gasteiger charge is 2.36. The van der Waals surface area contributed by atoms with Crippen LogP contribution in [-0.4, -0.2) is 35.0 Å². The summed E-state index contributed by atoms with van der Waals surface area (Å²) in [4.78, 5) is 38.6. The quantitative estimate of drug-likeness (QED) is 0.656. The van der Waals surface area contributed by atoms with Crippen LogP contribution in [0.3, 0.4) is 0 Å². The molecule has 0 saturated carbocycles. The van der Waals surface area contributed by atoms with E-state index in [0.29, 0.717) is 17.3 Å². The highest BCUT2D eigenvalue weighted by atomic mass is 32.2. The van der Waals surface area contributed by atoms with Gasteiger partial charge in [0.05, 0.1) is 18.1 Å². The van der Waals surface area contributed by atoms with Gasteiger partial charge < -0.3 is 4.74 Å². The van der Waals surface area contributed by atoms with Gasteiger partial charge in [0.1, 0.15) is 5.75 Å². The number of carbonyl (C=O) groups is 3. The second-order valence-corrected chi connectivity index (χ2v) is 7.43. The first-order valence-corrected chi connectivity index (χ1v) is 9.84. The van der Waals surface area contributed by atoms with Crippen molar-refractivity contribution >= 4 is 34.8 Å². The number of aryl methyl sites for hydroxylation is 1. The Morgan fingerprint density at radius 1 is 1.11 bits per heavy atom. The molecule has 2 amide bonds. The minimum absolute atomic E-state index is 0.179. The van der Waals surface area contributed by atoms with Crippen LogP contribution in [0.15, 0.2) is 53.4 Å². The normalized spacial score (nSPS) is 15.4. The molecule has 1 aliphatic rings. The lowest BCUT2D eigenvalue weighted by molar-refractivity contribution is -0.128. The zero-order chi connectivity index (χ0) is 20.1. The van der Waals surface area contributed by atoms with Crippen molar-refractivity contribution in [3.05, 3.63) is 70.1 Å². The van der Waals surface area contributed by atoms with Gasteiger partial charge in [-0.1, -0.05) is 48.0 Å². The van der Waals surface area contributed by atoms with Crippen molar-refractivity contribution in [3.8, 4) is 5.75 Å². The van der Waals surface area contributed by atoms with E-state index in [0.717, 1.165) is 33.4 Å². The molecule has 1 aliphatic heterocycles. The first-order chi connectivity index (χ1) is 13.5. The van der Waals surface area contributed by atoms with Crippen molar-refractivity contribution in [2.24, 2.45) is 0 Å². The van der Waals surface area contributed by atoms with Crippen LogP contribution in [-0.2, 0) is 16.0 Å². The van der Waals surface area contributed by atoms with Gasteiger partial charge in [-0.05, 0) is 43.3 Å². The zero-order valence-corrected chi connectivity index (χ0v) is 16.6. The van der Waals surface area contributed by atoms with Gasteiger partial charge in [-0.3, -0.25) is 19.3 Å². The van der Waals surface area contributed by atoms with Gasteiger partial charge in [0.15, 0.2) is 5.78 Å². The molecule has 5 nitrogen and oxygen atoms in total. The maximum Gasteiger partial charge on any atom is 0.293 e. The van der Waals surface area contributed by atoms with Crippen molar-refractivity contribution in [2.75, 3.05) is 13.2 Å². The van der Waals surface area contributed by atoms with Crippen LogP contribution in [0.25, 0.3) is 6.08 Å². The molecule has 1 saturated heterocycles. The largest absolute Gasteiger partial charge is 0.493 e. The fourth-order valence-electron chi connectivity index (χ4n) is 2.83. The number of ether oxygens (including phenoxy) is 1. The molecule has 3 rings (SSSR count). The average Bonchev–Trinajstić information content (AvgIpc) is 2.93. The van der Waals surface area contributed by atoms with Gasteiger partial charge in [0.25, 0.3) is 11.1 Å². The van der Waals surface area contributed by atoms with Gasteiger partial charge in [-0.15, -0.1) is 0 Å². The van der Waals surface area contributed by atoms with Gasteiger partial charge in [-0.2, -0.15) is 0 Å². The third-order valence-corrected chi connectivity index (χ3v) is 5.14.